The summed E-state index contributed by atoms with van der Waals surface area (Å²) >= 11 is 0. The Labute approximate surface area is 458 Å². The van der Waals surface area contributed by atoms with E-state index in [9.17, 15) is 5.11 Å². The second kappa shape index (κ2) is 22.6. The first-order chi connectivity index (χ1) is 34.6. The Kier molecular flexibility index (Phi) is 18.8. The molecule has 2 aromatic rings. The molecular formula is C60H96O14Si2. The number of hydrogen-bond donors (Lipinski definition) is 1. The number of carbonyl (C=O) groups is 3. The number of carbonyl (C=O) groups excluding carboxylic acids is 3. The molecule has 1 saturated carbocycles. The van der Waals surface area contributed by atoms with Gasteiger partial charge in [0.2, 0.25) is 17.3 Å². The molecule has 16 heteroatoms. The van der Waals surface area contributed by atoms with E-state index in [0.29, 0.717) is 24.8 Å². The van der Waals surface area contributed by atoms with Gasteiger partial charge in [-0.2, -0.15) is 0 Å². The minimum Gasteiger partial charge on any atom is -0.497 e. The number of hydrogen-bond acceptors (Lipinski definition) is 14. The van der Waals surface area contributed by atoms with Crippen molar-refractivity contribution >= 4 is 34.5 Å². The van der Waals surface area contributed by atoms with Crippen LogP contribution in [0, 0.1) is 5.92 Å². The maximum Gasteiger partial charge on any atom is 0.346 e. The topological polar surface area (TPSA) is 164 Å². The number of methoxy groups -OCH3 is 1. The first kappa shape index (κ1) is 63.4. The summed E-state index contributed by atoms with van der Waals surface area (Å²) in [5.74, 6) is -6.80. The third kappa shape index (κ3) is 14.1. The smallest absolute Gasteiger partial charge is 0.346 e. The summed E-state index contributed by atoms with van der Waals surface area (Å²) in [6.45, 7) is 42.6. The molecule has 8 atom stereocenters. The third-order valence-electron chi connectivity index (χ3n) is 15.6. The molecule has 0 aromatic heterocycles. The van der Waals surface area contributed by atoms with Crippen molar-refractivity contribution in [3.8, 4) is 5.75 Å². The van der Waals surface area contributed by atoms with Gasteiger partial charge in [0, 0.05) is 19.3 Å². The van der Waals surface area contributed by atoms with E-state index in [1.165, 1.54) is 0 Å². The molecular weight excluding hydrogens is 1000 g/mol. The standard InChI is InChI=1S/C60H96O14Si2/c1-40(45(41(2)38-42-28-24-23-25-29-42)66-39-43-30-32-44(65-18)33-31-43)34-37-58(64)46(71-75(19,20)55(12,13)14)47(72-76(21,22)56(15,16)17)59(74-58,50(62)69-53(6,7)8)60(51(63)70-54(9,10)11)48(49(61)68-52(3,4)5)67-57(73-60)35-26-27-36-57/h23-25,28-33,41,45-48,64H,1,26-27,34-39H2,2-22H3/t41?,45-,46-,47?,48-,58?,59+,60-/m1/s1. The highest BCUT2D eigenvalue weighted by Crippen LogP contribution is 2.61. The molecule has 2 heterocycles. The van der Waals surface area contributed by atoms with Crippen LogP contribution in [0.3, 0.4) is 0 Å². The molecule has 0 amide bonds. The van der Waals surface area contributed by atoms with Crippen LogP contribution in [0.1, 0.15) is 160 Å². The van der Waals surface area contributed by atoms with Crippen LogP contribution in [0.5, 0.6) is 5.75 Å². The Morgan fingerprint density at radius 3 is 1.64 bits per heavy atom. The molecule has 0 radical (unpaired) electrons. The van der Waals surface area contributed by atoms with Crippen molar-refractivity contribution in [2.75, 3.05) is 7.11 Å². The maximum absolute atomic E-state index is 16.5. The molecule has 3 aliphatic rings. The first-order valence-electron chi connectivity index (χ1n) is 27.4. The molecule has 1 aliphatic carbocycles. The Balaban J connectivity index is 1.86. The number of esters is 3. The monoisotopic (exact) mass is 1100 g/mol. The summed E-state index contributed by atoms with van der Waals surface area (Å²) < 4.78 is 68.1. The predicted molar refractivity (Wildman–Crippen MR) is 300 cm³/mol. The van der Waals surface area contributed by atoms with Gasteiger partial charge >= 0.3 is 17.9 Å². The van der Waals surface area contributed by atoms with Gasteiger partial charge in [-0.15, -0.1) is 0 Å². The minimum atomic E-state index is -3.22. The summed E-state index contributed by atoms with van der Waals surface area (Å²) in [4.78, 5) is 48.1. The predicted octanol–water partition coefficient (Wildman–Crippen LogP) is 12.5. The van der Waals surface area contributed by atoms with Gasteiger partial charge in [-0.25, -0.2) is 14.4 Å². The largest absolute Gasteiger partial charge is 0.497 e. The van der Waals surface area contributed by atoms with Gasteiger partial charge in [-0.05, 0) is 159 Å². The van der Waals surface area contributed by atoms with Crippen LogP contribution in [0.4, 0.5) is 0 Å². The van der Waals surface area contributed by atoms with Crippen molar-refractivity contribution in [1.29, 1.82) is 0 Å². The maximum atomic E-state index is 16.5. The van der Waals surface area contributed by atoms with Gasteiger partial charge in [-0.3, -0.25) is 0 Å². The van der Waals surface area contributed by atoms with Gasteiger partial charge in [0.25, 0.3) is 0 Å². The molecule has 3 unspecified atom stereocenters. The molecule has 0 bridgehead atoms. The van der Waals surface area contributed by atoms with E-state index < -0.39 is 109 Å². The summed E-state index contributed by atoms with van der Waals surface area (Å²) in [7, 11) is -4.68. The van der Waals surface area contributed by atoms with Crippen molar-refractivity contribution in [1.82, 2.24) is 0 Å². The van der Waals surface area contributed by atoms with E-state index in [2.05, 4.69) is 46.4 Å². The van der Waals surface area contributed by atoms with Crippen molar-refractivity contribution in [3.05, 3.63) is 77.9 Å². The zero-order valence-corrected chi connectivity index (χ0v) is 52.2. The molecule has 1 spiro atoms. The molecule has 14 nitrogen and oxygen atoms in total. The Hall–Kier alpha value is -3.46. The fraction of sp³-hybridized carbons (Fsp3) is 0.717. The SMILES string of the molecule is C=C(CCC1(O)O[C@@](C(=O)OC(C)(C)C)([C@@]2(C(=O)OC(C)(C)C)OC3(CCCC3)O[C@@H]2C(=O)OC(C)(C)C)C(O[Si](C)(C)C(C)(C)C)[C@H]1O[Si](C)(C)C(C)(C)C)[C@@H](OCc1ccc(OC)cc1)C(C)Cc1ccccc1. The molecule has 2 saturated heterocycles. The van der Waals surface area contributed by atoms with E-state index >= 15 is 14.4 Å². The number of ether oxygens (including phenoxy) is 8. The normalized spacial score (nSPS) is 26.3. The zero-order chi connectivity index (χ0) is 57.5. The summed E-state index contributed by atoms with van der Waals surface area (Å²) in [6.07, 6.45) is -3.61. The Morgan fingerprint density at radius 2 is 1.17 bits per heavy atom. The van der Waals surface area contributed by atoms with E-state index in [-0.39, 0.29) is 38.2 Å². The van der Waals surface area contributed by atoms with E-state index in [1.54, 1.807) is 69.4 Å². The van der Waals surface area contributed by atoms with Crippen molar-refractivity contribution in [3.63, 3.8) is 0 Å². The van der Waals surface area contributed by atoms with Crippen molar-refractivity contribution in [2.24, 2.45) is 5.92 Å². The van der Waals surface area contributed by atoms with Crippen LogP contribution in [-0.2, 0) is 69.4 Å². The average molecular weight is 1100 g/mol. The van der Waals surface area contributed by atoms with E-state index in [4.69, 9.17) is 46.7 Å². The molecule has 3 fully saturated rings. The Bertz CT molecular complexity index is 2330. The van der Waals surface area contributed by atoms with Crippen molar-refractivity contribution < 1.29 is 66.2 Å². The lowest BCUT2D eigenvalue weighted by molar-refractivity contribution is -0.302. The fourth-order valence-electron chi connectivity index (χ4n) is 9.74. The Morgan fingerprint density at radius 1 is 0.684 bits per heavy atom. The summed E-state index contributed by atoms with van der Waals surface area (Å²) in [5, 5.41) is 13.2. The number of benzene rings is 2. The van der Waals surface area contributed by atoms with Gasteiger partial charge in [0.15, 0.2) is 28.2 Å². The van der Waals surface area contributed by atoms with Crippen LogP contribution < -0.4 is 4.74 Å². The fourth-order valence-corrected chi connectivity index (χ4v) is 12.3. The molecule has 5 rings (SSSR count). The second-order valence-electron chi connectivity index (χ2n) is 27.7. The van der Waals surface area contributed by atoms with Crippen LogP contribution >= 0.6 is 0 Å². The highest BCUT2D eigenvalue weighted by Gasteiger charge is 2.87. The highest BCUT2D eigenvalue weighted by atomic mass is 28.4. The highest BCUT2D eigenvalue weighted by molar-refractivity contribution is 6.74. The zero-order valence-electron chi connectivity index (χ0n) is 50.2. The van der Waals surface area contributed by atoms with Gasteiger partial charge < -0.3 is 51.9 Å². The lowest BCUT2D eigenvalue weighted by Crippen LogP contribution is -2.77. The lowest BCUT2D eigenvalue weighted by atomic mass is 9.73. The van der Waals surface area contributed by atoms with Gasteiger partial charge in [-0.1, -0.05) is 97.5 Å². The number of rotatable bonds is 19. The third-order valence-corrected chi connectivity index (χ3v) is 24.5. The van der Waals surface area contributed by atoms with Crippen molar-refractivity contribution in [2.45, 2.75) is 263 Å². The van der Waals surface area contributed by atoms with Gasteiger partial charge in [0.1, 0.15) is 34.8 Å². The van der Waals surface area contributed by atoms with Crippen LogP contribution in [0.25, 0.3) is 0 Å². The molecule has 76 heavy (non-hydrogen) atoms. The molecule has 1 N–H and O–H groups in total. The minimum absolute atomic E-state index is 0.0771. The average Bonchev–Trinajstić information content (AvgIpc) is 3.94. The lowest BCUT2D eigenvalue weighted by Gasteiger charge is -2.50. The van der Waals surface area contributed by atoms with Gasteiger partial charge in [0.05, 0.1) is 19.8 Å². The van der Waals surface area contributed by atoms with E-state index in [0.717, 1.165) is 16.9 Å². The van der Waals surface area contributed by atoms with Crippen LogP contribution in [0.15, 0.2) is 66.7 Å². The van der Waals surface area contributed by atoms with E-state index in [1.807, 2.05) is 89.4 Å². The van der Waals surface area contributed by atoms with Crippen LogP contribution in [0.2, 0.25) is 36.3 Å². The quantitative estimate of drug-likeness (QED) is 0.0611. The van der Waals surface area contributed by atoms with Crippen LogP contribution in [-0.4, -0.2) is 111 Å². The first-order valence-corrected chi connectivity index (χ1v) is 33.2. The molecule has 428 valence electrons. The summed E-state index contributed by atoms with van der Waals surface area (Å²) in [6, 6.07) is 17.8. The number of aliphatic hydroxyl groups is 1. The summed E-state index contributed by atoms with van der Waals surface area (Å²) in [5.41, 5.74) is -6.72. The second-order valence-corrected chi connectivity index (χ2v) is 37.2. The molecule has 2 aromatic carbocycles. The molecule has 2 aliphatic heterocycles.